The van der Waals surface area contributed by atoms with Gasteiger partial charge in [0.15, 0.2) is 0 Å². The van der Waals surface area contributed by atoms with Gasteiger partial charge in [-0.2, -0.15) is 0 Å². The topological polar surface area (TPSA) is 35.2 Å². The van der Waals surface area contributed by atoms with Crippen LogP contribution in [0.3, 0.4) is 0 Å². The predicted molar refractivity (Wildman–Crippen MR) is 73.5 cm³/mol. The van der Waals surface area contributed by atoms with Crippen molar-refractivity contribution >= 4 is 17.4 Å². The van der Waals surface area contributed by atoms with Crippen molar-refractivity contribution in [1.82, 2.24) is 0 Å². The van der Waals surface area contributed by atoms with Gasteiger partial charge in [-0.3, -0.25) is 0 Å². The van der Waals surface area contributed by atoms with E-state index in [4.69, 9.17) is 10.5 Å². The second kappa shape index (κ2) is 6.31. The van der Waals surface area contributed by atoms with Crippen molar-refractivity contribution < 1.29 is 9.13 Å². The van der Waals surface area contributed by atoms with Gasteiger partial charge in [0.25, 0.3) is 0 Å². The van der Waals surface area contributed by atoms with Crippen LogP contribution in [-0.4, -0.2) is 12.4 Å². The Morgan fingerprint density at radius 2 is 1.78 bits per heavy atom. The van der Waals surface area contributed by atoms with Crippen LogP contribution in [0.4, 0.5) is 10.1 Å². The van der Waals surface area contributed by atoms with E-state index in [2.05, 4.69) is 0 Å². The zero-order valence-corrected chi connectivity index (χ0v) is 10.6. The SMILES string of the molecule is Nc1ccc(OCCSc2ccccc2F)cc1. The molecule has 0 aliphatic heterocycles. The third-order valence-corrected chi connectivity index (χ3v) is 3.34. The fraction of sp³-hybridized carbons (Fsp3) is 0.143. The summed E-state index contributed by atoms with van der Waals surface area (Å²) < 4.78 is 18.8. The van der Waals surface area contributed by atoms with Crippen LogP contribution in [-0.2, 0) is 0 Å². The van der Waals surface area contributed by atoms with Crippen molar-refractivity contribution in [3.05, 3.63) is 54.3 Å². The monoisotopic (exact) mass is 263 g/mol. The maximum Gasteiger partial charge on any atom is 0.136 e. The summed E-state index contributed by atoms with van der Waals surface area (Å²) in [6.07, 6.45) is 0. The highest BCUT2D eigenvalue weighted by atomic mass is 32.2. The first kappa shape index (κ1) is 12.8. The molecule has 0 aliphatic carbocycles. The Bertz CT molecular complexity index is 501. The molecule has 0 saturated carbocycles. The number of ether oxygens (including phenoxy) is 1. The summed E-state index contributed by atoms with van der Waals surface area (Å²) in [5, 5.41) is 0. The zero-order valence-electron chi connectivity index (χ0n) is 9.80. The molecular formula is C14H14FNOS. The van der Waals surface area contributed by atoms with Crippen LogP contribution < -0.4 is 10.5 Å². The van der Waals surface area contributed by atoms with Crippen molar-refractivity contribution in [3.8, 4) is 5.75 Å². The number of hydrogen-bond donors (Lipinski definition) is 1. The molecule has 0 aliphatic rings. The fourth-order valence-electron chi connectivity index (χ4n) is 1.44. The van der Waals surface area contributed by atoms with Gasteiger partial charge in [0.05, 0.1) is 6.61 Å². The molecule has 94 valence electrons. The number of rotatable bonds is 5. The molecule has 0 bridgehead atoms. The van der Waals surface area contributed by atoms with Crippen LogP contribution in [0.25, 0.3) is 0 Å². The molecule has 0 heterocycles. The molecule has 0 unspecified atom stereocenters. The molecule has 0 fully saturated rings. The molecule has 0 saturated heterocycles. The number of halogens is 1. The lowest BCUT2D eigenvalue weighted by molar-refractivity contribution is 0.344. The second-order valence-corrected chi connectivity index (χ2v) is 4.83. The highest BCUT2D eigenvalue weighted by molar-refractivity contribution is 7.99. The van der Waals surface area contributed by atoms with E-state index in [9.17, 15) is 4.39 Å². The van der Waals surface area contributed by atoms with Gasteiger partial charge in [-0.05, 0) is 36.4 Å². The molecule has 2 rings (SSSR count). The summed E-state index contributed by atoms with van der Waals surface area (Å²) in [6, 6.07) is 14.0. The van der Waals surface area contributed by atoms with E-state index < -0.39 is 0 Å². The smallest absolute Gasteiger partial charge is 0.136 e. The van der Waals surface area contributed by atoms with Crippen LogP contribution in [0.15, 0.2) is 53.4 Å². The van der Waals surface area contributed by atoms with Gasteiger partial charge in [-0.1, -0.05) is 12.1 Å². The fourth-order valence-corrected chi connectivity index (χ4v) is 2.20. The summed E-state index contributed by atoms with van der Waals surface area (Å²) in [6.45, 7) is 0.531. The van der Waals surface area contributed by atoms with Crippen LogP contribution in [0.5, 0.6) is 5.75 Å². The van der Waals surface area contributed by atoms with Gasteiger partial charge in [-0.25, -0.2) is 4.39 Å². The van der Waals surface area contributed by atoms with Crippen LogP contribution >= 0.6 is 11.8 Å². The lowest BCUT2D eigenvalue weighted by Gasteiger charge is -2.06. The van der Waals surface area contributed by atoms with E-state index in [0.29, 0.717) is 22.9 Å². The normalized spacial score (nSPS) is 10.3. The molecular weight excluding hydrogens is 249 g/mol. The van der Waals surface area contributed by atoms with E-state index >= 15 is 0 Å². The van der Waals surface area contributed by atoms with Gasteiger partial charge in [-0.15, -0.1) is 11.8 Å². The molecule has 4 heteroatoms. The van der Waals surface area contributed by atoms with Gasteiger partial charge < -0.3 is 10.5 Å². The first-order valence-corrected chi connectivity index (χ1v) is 6.60. The van der Waals surface area contributed by atoms with Crippen molar-refractivity contribution in [2.75, 3.05) is 18.1 Å². The average Bonchev–Trinajstić information content (AvgIpc) is 2.39. The molecule has 2 aromatic carbocycles. The first-order valence-electron chi connectivity index (χ1n) is 5.61. The summed E-state index contributed by atoms with van der Waals surface area (Å²) in [5.74, 6) is 1.29. The summed E-state index contributed by atoms with van der Waals surface area (Å²) in [7, 11) is 0. The summed E-state index contributed by atoms with van der Waals surface area (Å²) >= 11 is 1.44. The average molecular weight is 263 g/mol. The minimum Gasteiger partial charge on any atom is -0.493 e. The van der Waals surface area contributed by atoms with Crippen LogP contribution in [0, 0.1) is 5.82 Å². The summed E-state index contributed by atoms with van der Waals surface area (Å²) in [5.41, 5.74) is 6.28. The molecule has 0 amide bonds. The second-order valence-electron chi connectivity index (χ2n) is 3.70. The van der Waals surface area contributed by atoms with Crippen molar-refractivity contribution in [2.45, 2.75) is 4.90 Å². The quantitative estimate of drug-likeness (QED) is 0.509. The first-order chi connectivity index (χ1) is 8.75. The lowest BCUT2D eigenvalue weighted by Crippen LogP contribution is -2.00. The Kier molecular flexibility index (Phi) is 4.47. The summed E-state index contributed by atoms with van der Waals surface area (Å²) in [4.78, 5) is 0.651. The highest BCUT2D eigenvalue weighted by Crippen LogP contribution is 2.21. The highest BCUT2D eigenvalue weighted by Gasteiger charge is 2.01. The van der Waals surface area contributed by atoms with Crippen molar-refractivity contribution in [1.29, 1.82) is 0 Å². The van der Waals surface area contributed by atoms with Crippen LogP contribution in [0.2, 0.25) is 0 Å². The molecule has 2 nitrogen and oxygen atoms in total. The van der Waals surface area contributed by atoms with E-state index in [1.165, 1.54) is 17.8 Å². The molecule has 0 spiro atoms. The third kappa shape index (κ3) is 3.67. The number of nitrogen functional groups attached to an aromatic ring is 1. The Labute approximate surface area is 110 Å². The number of benzene rings is 2. The lowest BCUT2D eigenvalue weighted by atomic mass is 10.3. The van der Waals surface area contributed by atoms with Gasteiger partial charge >= 0.3 is 0 Å². The molecule has 2 N–H and O–H groups in total. The van der Waals surface area contributed by atoms with Gasteiger partial charge in [0, 0.05) is 16.3 Å². The van der Waals surface area contributed by atoms with Crippen molar-refractivity contribution in [2.24, 2.45) is 0 Å². The largest absolute Gasteiger partial charge is 0.493 e. The Morgan fingerprint density at radius 3 is 2.50 bits per heavy atom. The molecule has 18 heavy (non-hydrogen) atoms. The number of anilines is 1. The van der Waals surface area contributed by atoms with Gasteiger partial charge in [0.2, 0.25) is 0 Å². The van der Waals surface area contributed by atoms with E-state index in [1.807, 2.05) is 18.2 Å². The Morgan fingerprint density at radius 1 is 1.06 bits per heavy atom. The van der Waals surface area contributed by atoms with E-state index in [-0.39, 0.29) is 5.82 Å². The molecule has 0 radical (unpaired) electrons. The minimum atomic E-state index is -0.185. The zero-order chi connectivity index (χ0) is 12.8. The third-order valence-electron chi connectivity index (χ3n) is 2.33. The molecule has 0 atom stereocenters. The maximum atomic E-state index is 13.3. The standard InChI is InChI=1S/C14H14FNOS/c15-13-3-1-2-4-14(13)18-10-9-17-12-7-5-11(16)6-8-12/h1-8H,9-10,16H2. The van der Waals surface area contributed by atoms with E-state index in [1.54, 1.807) is 24.3 Å². The number of hydrogen-bond acceptors (Lipinski definition) is 3. The number of thioether (sulfide) groups is 1. The predicted octanol–water partition coefficient (Wildman–Crippen LogP) is 3.58. The van der Waals surface area contributed by atoms with Crippen LogP contribution in [0.1, 0.15) is 0 Å². The molecule has 2 aromatic rings. The number of nitrogens with two attached hydrogens (primary N) is 1. The van der Waals surface area contributed by atoms with Crippen molar-refractivity contribution in [3.63, 3.8) is 0 Å². The Hall–Kier alpha value is -1.68. The Balaban J connectivity index is 1.76. The maximum absolute atomic E-state index is 13.3. The van der Waals surface area contributed by atoms with Gasteiger partial charge in [0.1, 0.15) is 11.6 Å². The van der Waals surface area contributed by atoms with E-state index in [0.717, 1.165) is 5.75 Å². The minimum absolute atomic E-state index is 0.185. The molecule has 0 aromatic heterocycles.